The molecular weight excluding hydrogens is 372 g/mol. The number of allylic oxidation sites excluding steroid dienone is 2. The van der Waals surface area contributed by atoms with Crippen LogP contribution in [0.5, 0.6) is 0 Å². The van der Waals surface area contributed by atoms with E-state index >= 15 is 0 Å². The molecule has 0 aliphatic carbocycles. The third-order valence-corrected chi connectivity index (χ3v) is 5.84. The minimum absolute atomic E-state index is 0.209. The summed E-state index contributed by atoms with van der Waals surface area (Å²) in [5.41, 5.74) is 3.29. The largest absolute Gasteiger partial charge is 0.370 e. The number of aryl methyl sites for hydroxylation is 1. The lowest BCUT2D eigenvalue weighted by atomic mass is 10.0. The van der Waals surface area contributed by atoms with Gasteiger partial charge in [-0.25, -0.2) is 9.97 Å². The number of anilines is 1. The number of nitrogens with zero attached hydrogens (tertiary/aromatic N) is 5. The minimum Gasteiger partial charge on any atom is -0.370 e. The van der Waals surface area contributed by atoms with Gasteiger partial charge in [0.15, 0.2) is 0 Å². The Morgan fingerprint density at radius 3 is 2.53 bits per heavy atom. The fourth-order valence-electron chi connectivity index (χ4n) is 3.64. The number of rotatable bonds is 11. The SMILES string of the molecule is C=C(/C=C\C(CCC)c1nc(C)c(C)c(NCCCN(C)C)n1)N1CCN(C)CC1. The molecule has 1 aliphatic heterocycles. The highest BCUT2D eigenvalue weighted by Gasteiger charge is 2.17. The average Bonchev–Trinajstić information content (AvgIpc) is 2.71. The molecule has 0 radical (unpaired) electrons. The zero-order valence-corrected chi connectivity index (χ0v) is 20.0. The van der Waals surface area contributed by atoms with Gasteiger partial charge in [0, 0.05) is 55.6 Å². The Hall–Kier alpha value is -1.92. The van der Waals surface area contributed by atoms with E-state index in [0.29, 0.717) is 0 Å². The van der Waals surface area contributed by atoms with Crippen LogP contribution >= 0.6 is 0 Å². The Labute approximate surface area is 184 Å². The van der Waals surface area contributed by atoms with Crippen LogP contribution in [0.25, 0.3) is 0 Å². The van der Waals surface area contributed by atoms with Crippen LogP contribution < -0.4 is 5.32 Å². The number of aromatic nitrogens is 2. The lowest BCUT2D eigenvalue weighted by molar-refractivity contribution is 0.190. The molecule has 2 heterocycles. The molecule has 1 N–H and O–H groups in total. The van der Waals surface area contributed by atoms with E-state index in [2.05, 4.69) is 80.7 Å². The first-order valence-corrected chi connectivity index (χ1v) is 11.4. The lowest BCUT2D eigenvalue weighted by Gasteiger charge is -2.34. The Bertz CT molecular complexity index is 704. The first-order valence-electron chi connectivity index (χ1n) is 11.4. The van der Waals surface area contributed by atoms with Crippen LogP contribution in [0.1, 0.15) is 49.2 Å². The first kappa shape index (κ1) is 24.4. The summed E-state index contributed by atoms with van der Waals surface area (Å²) in [4.78, 5) is 16.7. The van der Waals surface area contributed by atoms with Crippen molar-refractivity contribution in [3.8, 4) is 0 Å². The molecule has 0 spiro atoms. The molecule has 1 fully saturated rings. The van der Waals surface area contributed by atoms with Crippen molar-refractivity contribution in [2.45, 2.75) is 46.0 Å². The second-order valence-electron chi connectivity index (χ2n) is 8.76. The number of hydrogen-bond acceptors (Lipinski definition) is 6. The second-order valence-corrected chi connectivity index (χ2v) is 8.76. The highest BCUT2D eigenvalue weighted by molar-refractivity contribution is 5.46. The first-order chi connectivity index (χ1) is 14.3. The molecule has 0 saturated carbocycles. The van der Waals surface area contributed by atoms with E-state index in [0.717, 1.165) is 87.1 Å². The van der Waals surface area contributed by atoms with Crippen LogP contribution in [0.2, 0.25) is 0 Å². The van der Waals surface area contributed by atoms with Crippen LogP contribution in [0.3, 0.4) is 0 Å². The summed E-state index contributed by atoms with van der Waals surface area (Å²) in [6, 6.07) is 0. The molecule has 0 bridgehead atoms. The normalized spacial score (nSPS) is 16.4. The van der Waals surface area contributed by atoms with Crippen molar-refractivity contribution in [2.24, 2.45) is 0 Å². The third-order valence-electron chi connectivity index (χ3n) is 5.84. The van der Waals surface area contributed by atoms with Gasteiger partial charge in [-0.2, -0.15) is 0 Å². The monoisotopic (exact) mass is 414 g/mol. The summed E-state index contributed by atoms with van der Waals surface area (Å²) in [7, 11) is 6.39. The van der Waals surface area contributed by atoms with Gasteiger partial charge < -0.3 is 20.0 Å². The van der Waals surface area contributed by atoms with Crippen molar-refractivity contribution >= 4 is 5.82 Å². The fraction of sp³-hybridized carbons (Fsp3) is 0.667. The van der Waals surface area contributed by atoms with E-state index in [1.165, 1.54) is 0 Å². The van der Waals surface area contributed by atoms with Crippen LogP contribution in [0.4, 0.5) is 5.82 Å². The van der Waals surface area contributed by atoms with Gasteiger partial charge >= 0.3 is 0 Å². The van der Waals surface area contributed by atoms with E-state index in [1.54, 1.807) is 0 Å². The van der Waals surface area contributed by atoms with Crippen molar-refractivity contribution in [2.75, 3.05) is 65.7 Å². The zero-order valence-electron chi connectivity index (χ0n) is 20.0. The summed E-state index contributed by atoms with van der Waals surface area (Å²) < 4.78 is 0. The fourth-order valence-corrected chi connectivity index (χ4v) is 3.64. The zero-order chi connectivity index (χ0) is 22.1. The van der Waals surface area contributed by atoms with Gasteiger partial charge in [0.25, 0.3) is 0 Å². The topological polar surface area (TPSA) is 47.5 Å². The minimum atomic E-state index is 0.209. The third kappa shape index (κ3) is 7.40. The molecule has 2 rings (SSSR count). The standard InChI is InChI=1S/C24H42N6/c1-8-10-22(12-11-19(2)30-17-15-29(7)16-18-30)24-26-21(4)20(3)23(27-24)25-13-9-14-28(5)6/h11-12,22H,2,8-10,13-18H2,1,3-7H3,(H,25,26,27)/b12-11-. The van der Waals surface area contributed by atoms with E-state index in [1.807, 2.05) is 0 Å². The molecular formula is C24H42N6. The summed E-state index contributed by atoms with van der Waals surface area (Å²) in [6.45, 7) is 17.0. The summed E-state index contributed by atoms with van der Waals surface area (Å²) in [5.74, 6) is 2.10. The highest BCUT2D eigenvalue weighted by Crippen LogP contribution is 2.25. The van der Waals surface area contributed by atoms with Crippen LogP contribution in [-0.4, -0.2) is 85.1 Å². The van der Waals surface area contributed by atoms with Crippen molar-refractivity contribution < 1.29 is 0 Å². The van der Waals surface area contributed by atoms with Gasteiger partial charge in [-0.15, -0.1) is 0 Å². The maximum absolute atomic E-state index is 4.93. The molecule has 6 heteroatoms. The molecule has 1 atom stereocenters. The maximum atomic E-state index is 4.93. The van der Waals surface area contributed by atoms with Crippen LogP contribution in [-0.2, 0) is 0 Å². The van der Waals surface area contributed by atoms with Crippen LogP contribution in [0.15, 0.2) is 24.4 Å². The molecule has 30 heavy (non-hydrogen) atoms. The van der Waals surface area contributed by atoms with E-state index in [4.69, 9.17) is 9.97 Å². The van der Waals surface area contributed by atoms with Crippen molar-refractivity contribution in [1.82, 2.24) is 24.7 Å². The number of piperazine rings is 1. The van der Waals surface area contributed by atoms with E-state index in [9.17, 15) is 0 Å². The number of nitrogens with one attached hydrogen (secondary N) is 1. The Balaban J connectivity index is 2.10. The molecule has 0 amide bonds. The smallest absolute Gasteiger partial charge is 0.137 e. The maximum Gasteiger partial charge on any atom is 0.137 e. The van der Waals surface area contributed by atoms with Gasteiger partial charge in [0.1, 0.15) is 11.6 Å². The lowest BCUT2D eigenvalue weighted by Crippen LogP contribution is -2.43. The number of hydrogen-bond donors (Lipinski definition) is 1. The highest BCUT2D eigenvalue weighted by atomic mass is 15.2. The predicted molar refractivity (Wildman–Crippen MR) is 128 cm³/mol. The van der Waals surface area contributed by atoms with Gasteiger partial charge in [0.2, 0.25) is 0 Å². The van der Waals surface area contributed by atoms with E-state index < -0.39 is 0 Å². The molecule has 1 aromatic rings. The van der Waals surface area contributed by atoms with Crippen LogP contribution in [0, 0.1) is 13.8 Å². The van der Waals surface area contributed by atoms with Gasteiger partial charge in [-0.05, 0) is 60.5 Å². The summed E-state index contributed by atoms with van der Waals surface area (Å²) in [6.07, 6.45) is 7.65. The second kappa shape index (κ2) is 12.1. The van der Waals surface area contributed by atoms with Crippen molar-refractivity contribution in [3.05, 3.63) is 41.5 Å². The van der Waals surface area contributed by atoms with Gasteiger partial charge in [-0.1, -0.05) is 26.0 Å². The average molecular weight is 415 g/mol. The molecule has 1 unspecified atom stereocenters. The molecule has 6 nitrogen and oxygen atoms in total. The summed E-state index contributed by atoms with van der Waals surface area (Å²) >= 11 is 0. The van der Waals surface area contributed by atoms with E-state index in [-0.39, 0.29) is 5.92 Å². The van der Waals surface area contributed by atoms with Crippen molar-refractivity contribution in [3.63, 3.8) is 0 Å². The Kier molecular flexibility index (Phi) is 9.79. The molecule has 168 valence electrons. The predicted octanol–water partition coefficient (Wildman–Crippen LogP) is 3.66. The summed E-state index contributed by atoms with van der Waals surface area (Å²) in [5, 5.41) is 3.53. The molecule has 0 aromatic carbocycles. The van der Waals surface area contributed by atoms with Gasteiger partial charge in [-0.3, -0.25) is 0 Å². The quantitative estimate of drug-likeness (QED) is 0.440. The number of likely N-dealkylation sites (N-methyl/N-ethyl adjacent to an activating group) is 1. The molecule has 1 saturated heterocycles. The molecule has 1 aromatic heterocycles. The van der Waals surface area contributed by atoms with Crippen molar-refractivity contribution in [1.29, 1.82) is 0 Å². The molecule has 1 aliphatic rings. The Morgan fingerprint density at radius 2 is 1.90 bits per heavy atom. The van der Waals surface area contributed by atoms with Gasteiger partial charge in [0.05, 0.1) is 0 Å². The Morgan fingerprint density at radius 1 is 1.20 bits per heavy atom.